The molecule has 1 aliphatic carbocycles. The van der Waals surface area contributed by atoms with E-state index in [-0.39, 0.29) is 30.2 Å². The zero-order valence-electron chi connectivity index (χ0n) is 13.6. The molecule has 5 heteroatoms. The second-order valence-electron chi connectivity index (χ2n) is 6.31. The average molecular weight is 312 g/mol. The summed E-state index contributed by atoms with van der Waals surface area (Å²) in [6.07, 6.45) is 7.51. The molecule has 1 saturated heterocycles. The van der Waals surface area contributed by atoms with Crippen LogP contribution in [0.15, 0.2) is 12.2 Å². The van der Waals surface area contributed by atoms with Crippen LogP contribution in [0.25, 0.3) is 0 Å². The second-order valence-corrected chi connectivity index (χ2v) is 6.31. The van der Waals surface area contributed by atoms with Crippen LogP contribution < -0.4 is 0 Å². The van der Waals surface area contributed by atoms with Gasteiger partial charge in [-0.25, -0.2) is 0 Å². The molecule has 1 heterocycles. The highest BCUT2D eigenvalue weighted by molar-refractivity contribution is 5.68. The Hall–Kier alpha value is -0.910. The lowest BCUT2D eigenvalue weighted by molar-refractivity contribution is -0.140. The van der Waals surface area contributed by atoms with Crippen molar-refractivity contribution in [2.75, 3.05) is 20.3 Å². The van der Waals surface area contributed by atoms with Gasteiger partial charge in [-0.2, -0.15) is 0 Å². The fraction of sp³-hybridized carbons (Fsp3) is 0.824. The third-order valence-corrected chi connectivity index (χ3v) is 4.78. The minimum Gasteiger partial charge on any atom is -0.469 e. The number of hydrogen-bond acceptors (Lipinski definition) is 5. The van der Waals surface area contributed by atoms with Crippen molar-refractivity contribution in [1.29, 1.82) is 0 Å². The molecule has 0 aromatic heterocycles. The number of hydrogen-bond donors (Lipinski definition) is 1. The molecule has 2 rings (SSSR count). The zero-order chi connectivity index (χ0) is 15.9. The van der Waals surface area contributed by atoms with Crippen molar-refractivity contribution < 1.29 is 24.1 Å². The van der Waals surface area contributed by atoms with Crippen LogP contribution in [0, 0.1) is 17.8 Å². The van der Waals surface area contributed by atoms with Gasteiger partial charge in [0, 0.05) is 12.3 Å². The lowest BCUT2D eigenvalue weighted by Crippen LogP contribution is -2.31. The first kappa shape index (κ1) is 17.4. The van der Waals surface area contributed by atoms with E-state index < -0.39 is 0 Å². The molecule has 5 nitrogen and oxygen atoms in total. The minimum atomic E-state index is -0.285. The van der Waals surface area contributed by atoms with Crippen molar-refractivity contribution in [3.05, 3.63) is 12.2 Å². The number of carbonyl (C=O) groups is 1. The predicted molar refractivity (Wildman–Crippen MR) is 82.1 cm³/mol. The van der Waals surface area contributed by atoms with Gasteiger partial charge in [-0.15, -0.1) is 0 Å². The maximum atomic E-state index is 11.0. The molecule has 1 aliphatic heterocycles. The number of ether oxygens (including phenoxy) is 3. The summed E-state index contributed by atoms with van der Waals surface area (Å²) in [5, 5.41) is 10.3. The van der Waals surface area contributed by atoms with Gasteiger partial charge in [-0.1, -0.05) is 19.1 Å². The number of unbranched alkanes of at least 4 members (excludes halogenated alkanes) is 1. The number of allylic oxidation sites excluding steroid dienone is 2. The molecule has 22 heavy (non-hydrogen) atoms. The molecule has 0 radical (unpaired) electrons. The number of aliphatic hydroxyl groups excluding tert-OH is 1. The third-order valence-electron chi connectivity index (χ3n) is 4.78. The molecule has 0 aromatic rings. The van der Waals surface area contributed by atoms with E-state index in [1.165, 1.54) is 7.11 Å². The van der Waals surface area contributed by atoms with E-state index in [4.69, 9.17) is 9.47 Å². The Kier molecular flexibility index (Phi) is 6.86. The third kappa shape index (κ3) is 4.54. The lowest BCUT2D eigenvalue weighted by atomic mass is 9.87. The minimum absolute atomic E-state index is 0.162. The van der Waals surface area contributed by atoms with Gasteiger partial charge in [0.05, 0.1) is 26.4 Å². The zero-order valence-corrected chi connectivity index (χ0v) is 13.6. The van der Waals surface area contributed by atoms with Gasteiger partial charge in [0.2, 0.25) is 0 Å². The van der Waals surface area contributed by atoms with Gasteiger partial charge in [0.15, 0.2) is 6.29 Å². The molecule has 0 amide bonds. The molecule has 0 aromatic carbocycles. The summed E-state index contributed by atoms with van der Waals surface area (Å²) in [6, 6.07) is 0. The van der Waals surface area contributed by atoms with E-state index in [1.54, 1.807) is 0 Å². The van der Waals surface area contributed by atoms with Gasteiger partial charge < -0.3 is 19.3 Å². The van der Waals surface area contributed by atoms with E-state index >= 15 is 0 Å². The molecular formula is C17H28O5. The first-order valence-corrected chi connectivity index (χ1v) is 8.26. The molecule has 4 atom stereocenters. The van der Waals surface area contributed by atoms with Crippen LogP contribution in [-0.2, 0) is 19.0 Å². The Bertz CT molecular complexity index is 375. The van der Waals surface area contributed by atoms with Gasteiger partial charge in [-0.05, 0) is 37.5 Å². The quantitative estimate of drug-likeness (QED) is 0.444. The Morgan fingerprint density at radius 2 is 2.05 bits per heavy atom. The maximum Gasteiger partial charge on any atom is 0.305 e. The Labute approximate surface area is 132 Å². The second kappa shape index (κ2) is 8.65. The molecule has 0 bridgehead atoms. The van der Waals surface area contributed by atoms with E-state index in [2.05, 4.69) is 23.8 Å². The SMILES string of the molecule is COC(=O)CCC/C=C/CC1C(O)CC(C)C1C1OCCO1. The van der Waals surface area contributed by atoms with Gasteiger partial charge >= 0.3 is 5.97 Å². The Balaban J connectivity index is 1.77. The largest absolute Gasteiger partial charge is 0.469 e. The van der Waals surface area contributed by atoms with Crippen LogP contribution in [0.1, 0.15) is 39.0 Å². The summed E-state index contributed by atoms with van der Waals surface area (Å²) in [7, 11) is 1.41. The summed E-state index contributed by atoms with van der Waals surface area (Å²) in [5.74, 6) is 0.701. The number of carbonyl (C=O) groups excluding carboxylic acids is 1. The molecular weight excluding hydrogens is 284 g/mol. The number of methoxy groups -OCH3 is 1. The van der Waals surface area contributed by atoms with Gasteiger partial charge in [0.1, 0.15) is 0 Å². The van der Waals surface area contributed by atoms with Crippen LogP contribution >= 0.6 is 0 Å². The molecule has 2 fully saturated rings. The van der Waals surface area contributed by atoms with Crippen LogP contribution in [0.4, 0.5) is 0 Å². The molecule has 1 N–H and O–H groups in total. The van der Waals surface area contributed by atoms with Crippen molar-refractivity contribution >= 4 is 5.97 Å². The summed E-state index contributed by atoms with van der Waals surface area (Å²) in [5.41, 5.74) is 0. The van der Waals surface area contributed by atoms with E-state index in [0.29, 0.717) is 25.6 Å². The Morgan fingerprint density at radius 1 is 1.32 bits per heavy atom. The molecule has 126 valence electrons. The fourth-order valence-corrected chi connectivity index (χ4v) is 3.61. The van der Waals surface area contributed by atoms with Crippen molar-refractivity contribution in [2.24, 2.45) is 17.8 Å². The molecule has 0 spiro atoms. The monoisotopic (exact) mass is 312 g/mol. The smallest absolute Gasteiger partial charge is 0.305 e. The number of aliphatic hydroxyl groups is 1. The normalized spacial score (nSPS) is 32.9. The van der Waals surface area contributed by atoms with Crippen molar-refractivity contribution in [3.63, 3.8) is 0 Å². The maximum absolute atomic E-state index is 11.0. The Morgan fingerprint density at radius 3 is 2.73 bits per heavy atom. The highest BCUT2D eigenvalue weighted by atomic mass is 16.7. The first-order valence-electron chi connectivity index (χ1n) is 8.26. The summed E-state index contributed by atoms with van der Waals surface area (Å²) >= 11 is 0. The highest BCUT2D eigenvalue weighted by Crippen LogP contribution is 2.43. The molecule has 4 unspecified atom stereocenters. The molecule has 2 aliphatic rings. The predicted octanol–water partition coefficient (Wildman–Crippen LogP) is 2.28. The topological polar surface area (TPSA) is 65.0 Å². The summed E-state index contributed by atoms with van der Waals surface area (Å²) in [6.45, 7) is 3.47. The van der Waals surface area contributed by atoms with Crippen molar-refractivity contribution in [3.8, 4) is 0 Å². The molecule has 1 saturated carbocycles. The standard InChI is InChI=1S/C17H28O5/c1-12-11-14(18)13(16(12)17-21-9-10-22-17)7-5-3-4-6-8-15(19)20-2/h3,5,12-14,16-18H,4,6-11H2,1-2H3/b5-3+. The van der Waals surface area contributed by atoms with E-state index in [1.807, 2.05) is 0 Å². The van der Waals surface area contributed by atoms with Gasteiger partial charge in [0.25, 0.3) is 0 Å². The van der Waals surface area contributed by atoms with Crippen molar-refractivity contribution in [1.82, 2.24) is 0 Å². The fourth-order valence-electron chi connectivity index (χ4n) is 3.61. The number of rotatable bonds is 7. The summed E-state index contributed by atoms with van der Waals surface area (Å²) in [4.78, 5) is 11.0. The van der Waals surface area contributed by atoms with Crippen LogP contribution in [-0.4, -0.2) is 43.8 Å². The van der Waals surface area contributed by atoms with Crippen molar-refractivity contribution in [2.45, 2.75) is 51.4 Å². The average Bonchev–Trinajstić information content (AvgIpc) is 3.10. The highest BCUT2D eigenvalue weighted by Gasteiger charge is 2.45. The van der Waals surface area contributed by atoms with E-state index in [9.17, 15) is 9.90 Å². The number of esters is 1. The lowest BCUT2D eigenvalue weighted by Gasteiger charge is -2.27. The van der Waals surface area contributed by atoms with Crippen LogP contribution in [0.3, 0.4) is 0 Å². The summed E-state index contributed by atoms with van der Waals surface area (Å²) < 4.78 is 15.9. The first-order chi connectivity index (χ1) is 10.6. The van der Waals surface area contributed by atoms with Crippen LogP contribution in [0.5, 0.6) is 0 Å². The van der Waals surface area contributed by atoms with Crippen LogP contribution in [0.2, 0.25) is 0 Å². The van der Waals surface area contributed by atoms with Gasteiger partial charge in [-0.3, -0.25) is 4.79 Å². The van der Waals surface area contributed by atoms with E-state index in [0.717, 1.165) is 25.7 Å².